The van der Waals surface area contributed by atoms with E-state index in [-0.39, 0.29) is 18.6 Å². The number of aromatic nitrogens is 2. The fourth-order valence-corrected chi connectivity index (χ4v) is 2.26. The highest BCUT2D eigenvalue weighted by Gasteiger charge is 2.24. The lowest BCUT2D eigenvalue weighted by atomic mass is 9.94. The highest BCUT2D eigenvalue weighted by atomic mass is 16.5. The third kappa shape index (κ3) is 2.49. The number of esters is 1. The molecule has 0 saturated carbocycles. The molecule has 7 heteroatoms. The second-order valence-electron chi connectivity index (χ2n) is 4.15. The van der Waals surface area contributed by atoms with E-state index in [1.807, 2.05) is 0 Å². The second kappa shape index (κ2) is 5.61. The molecule has 98 valence electrons. The fraction of sp³-hybridized carbons (Fsp3) is 0.636. The summed E-state index contributed by atoms with van der Waals surface area (Å²) in [4.78, 5) is 11.5. The first-order chi connectivity index (χ1) is 8.76. The van der Waals surface area contributed by atoms with Gasteiger partial charge in [0, 0.05) is 11.3 Å². The summed E-state index contributed by atoms with van der Waals surface area (Å²) in [5.74, 6) is 4.83. The molecule has 18 heavy (non-hydrogen) atoms. The van der Waals surface area contributed by atoms with Crippen LogP contribution in [0.2, 0.25) is 0 Å². The lowest BCUT2D eigenvalue weighted by molar-refractivity contribution is -0.144. The van der Waals surface area contributed by atoms with Crippen molar-refractivity contribution in [1.82, 2.24) is 9.78 Å². The van der Waals surface area contributed by atoms with Crippen LogP contribution in [0, 0.1) is 0 Å². The van der Waals surface area contributed by atoms with Gasteiger partial charge in [-0.3, -0.25) is 9.48 Å². The largest absolute Gasteiger partial charge is 0.465 e. The molecule has 1 aromatic heterocycles. The minimum atomic E-state index is -0.272. The average Bonchev–Trinajstić information content (AvgIpc) is 2.74. The topological polar surface area (TPSA) is 94.9 Å². The third-order valence-electron chi connectivity index (χ3n) is 3.02. The van der Waals surface area contributed by atoms with Crippen molar-refractivity contribution < 1.29 is 9.53 Å². The van der Waals surface area contributed by atoms with Crippen molar-refractivity contribution in [3.63, 3.8) is 0 Å². The molecule has 0 radical (unpaired) electrons. The Labute approximate surface area is 105 Å². The summed E-state index contributed by atoms with van der Waals surface area (Å²) in [5, 5.41) is 11.6. The van der Waals surface area contributed by atoms with Crippen LogP contribution in [-0.4, -0.2) is 22.4 Å². The van der Waals surface area contributed by atoms with E-state index in [2.05, 4.69) is 15.4 Å². The molecule has 1 atom stereocenters. The smallest absolute Gasteiger partial charge is 0.327 e. The SMILES string of the molecule is CCOC(=O)Cn1ncc2c1CCC[C@H]2N=NN. The molecule has 0 bridgehead atoms. The lowest BCUT2D eigenvalue weighted by Crippen LogP contribution is -2.18. The monoisotopic (exact) mass is 251 g/mol. The van der Waals surface area contributed by atoms with Gasteiger partial charge in [-0.15, -0.1) is 0 Å². The molecule has 1 aliphatic carbocycles. The Balaban J connectivity index is 2.17. The van der Waals surface area contributed by atoms with Gasteiger partial charge >= 0.3 is 5.97 Å². The zero-order chi connectivity index (χ0) is 13.0. The van der Waals surface area contributed by atoms with E-state index in [4.69, 9.17) is 10.6 Å². The number of carbonyl (C=O) groups is 1. The first kappa shape index (κ1) is 12.5. The van der Waals surface area contributed by atoms with Gasteiger partial charge in [-0.25, -0.2) is 0 Å². The van der Waals surface area contributed by atoms with Crippen LogP contribution in [0.4, 0.5) is 0 Å². The van der Waals surface area contributed by atoms with Crippen LogP contribution in [0.5, 0.6) is 0 Å². The number of nitrogens with zero attached hydrogens (tertiary/aromatic N) is 4. The number of rotatable bonds is 4. The Morgan fingerprint density at radius 1 is 1.72 bits per heavy atom. The van der Waals surface area contributed by atoms with Crippen molar-refractivity contribution in [2.45, 2.75) is 38.8 Å². The summed E-state index contributed by atoms with van der Waals surface area (Å²) in [6.45, 7) is 2.32. The molecule has 1 aliphatic rings. The molecule has 0 spiro atoms. The van der Waals surface area contributed by atoms with E-state index in [1.54, 1.807) is 17.8 Å². The van der Waals surface area contributed by atoms with Crippen LogP contribution in [0.1, 0.15) is 37.1 Å². The van der Waals surface area contributed by atoms with E-state index >= 15 is 0 Å². The predicted molar refractivity (Wildman–Crippen MR) is 63.6 cm³/mol. The lowest BCUT2D eigenvalue weighted by Gasteiger charge is -2.18. The molecule has 7 nitrogen and oxygen atoms in total. The van der Waals surface area contributed by atoms with Crippen LogP contribution in [0.3, 0.4) is 0 Å². The van der Waals surface area contributed by atoms with E-state index < -0.39 is 0 Å². The number of ether oxygens (including phenoxy) is 1. The van der Waals surface area contributed by atoms with Gasteiger partial charge in [-0.05, 0) is 26.2 Å². The van der Waals surface area contributed by atoms with Crippen molar-refractivity contribution in [1.29, 1.82) is 0 Å². The van der Waals surface area contributed by atoms with Gasteiger partial charge in [-0.2, -0.15) is 10.2 Å². The van der Waals surface area contributed by atoms with E-state index in [0.717, 1.165) is 30.5 Å². The zero-order valence-corrected chi connectivity index (χ0v) is 10.4. The van der Waals surface area contributed by atoms with Crippen molar-refractivity contribution in [3.8, 4) is 0 Å². The molecule has 2 N–H and O–H groups in total. The molecule has 0 amide bonds. The maximum absolute atomic E-state index is 11.5. The molecule has 1 aromatic rings. The fourth-order valence-electron chi connectivity index (χ4n) is 2.26. The summed E-state index contributed by atoms with van der Waals surface area (Å²) < 4.78 is 6.60. The van der Waals surface area contributed by atoms with Crippen LogP contribution < -0.4 is 5.84 Å². The first-order valence-electron chi connectivity index (χ1n) is 6.06. The zero-order valence-electron chi connectivity index (χ0n) is 10.4. The highest BCUT2D eigenvalue weighted by molar-refractivity contribution is 5.69. The van der Waals surface area contributed by atoms with Gasteiger partial charge in [0.1, 0.15) is 12.6 Å². The van der Waals surface area contributed by atoms with E-state index in [1.165, 1.54) is 0 Å². The highest BCUT2D eigenvalue weighted by Crippen LogP contribution is 2.32. The Morgan fingerprint density at radius 3 is 3.28 bits per heavy atom. The van der Waals surface area contributed by atoms with Crippen molar-refractivity contribution in [2.75, 3.05) is 6.61 Å². The molecule has 0 fully saturated rings. The summed E-state index contributed by atoms with van der Waals surface area (Å²) in [7, 11) is 0. The van der Waals surface area contributed by atoms with Crippen LogP contribution in [0.15, 0.2) is 16.5 Å². The molecular weight excluding hydrogens is 234 g/mol. The van der Waals surface area contributed by atoms with Crippen molar-refractivity contribution in [2.24, 2.45) is 16.2 Å². The third-order valence-corrected chi connectivity index (χ3v) is 3.02. The number of carbonyl (C=O) groups excluding carboxylic acids is 1. The number of nitrogens with two attached hydrogens (primary N) is 1. The summed E-state index contributed by atoms with van der Waals surface area (Å²) in [6, 6.07) is -0.0327. The summed E-state index contributed by atoms with van der Waals surface area (Å²) in [5.41, 5.74) is 2.05. The minimum absolute atomic E-state index is 0.0327. The van der Waals surface area contributed by atoms with Gasteiger partial charge in [0.15, 0.2) is 0 Å². The minimum Gasteiger partial charge on any atom is -0.465 e. The predicted octanol–water partition coefficient (Wildman–Crippen LogP) is 1.15. The van der Waals surface area contributed by atoms with Crippen molar-refractivity contribution >= 4 is 5.97 Å². The van der Waals surface area contributed by atoms with E-state index in [9.17, 15) is 4.79 Å². The molecule has 0 unspecified atom stereocenters. The van der Waals surface area contributed by atoms with Crippen LogP contribution in [-0.2, 0) is 22.5 Å². The molecule has 0 aliphatic heterocycles. The molecular formula is C11H17N5O2. The van der Waals surface area contributed by atoms with E-state index in [0.29, 0.717) is 6.61 Å². The Bertz CT molecular complexity index is 454. The number of hydrogen-bond acceptors (Lipinski definition) is 5. The maximum atomic E-state index is 11.5. The van der Waals surface area contributed by atoms with Crippen LogP contribution >= 0.6 is 0 Å². The molecule has 0 aromatic carbocycles. The Kier molecular flexibility index (Phi) is 3.91. The normalized spacial score (nSPS) is 18.8. The molecule has 0 saturated heterocycles. The van der Waals surface area contributed by atoms with Gasteiger partial charge in [0.25, 0.3) is 0 Å². The number of hydrogen-bond donors (Lipinski definition) is 1. The summed E-state index contributed by atoms with van der Waals surface area (Å²) in [6.07, 6.45) is 4.54. The Morgan fingerprint density at radius 2 is 2.56 bits per heavy atom. The number of fused-ring (bicyclic) bond motifs is 1. The quantitative estimate of drug-likeness (QED) is 0.376. The summed E-state index contributed by atoms with van der Waals surface area (Å²) >= 11 is 0. The van der Waals surface area contributed by atoms with Gasteiger partial charge in [-0.1, -0.05) is 5.22 Å². The standard InChI is InChI=1S/C11H17N5O2/c1-2-18-11(17)7-16-10-5-3-4-9(14-15-12)8(10)6-13-16/h6,9H,2-5,7H2,1H3,(H2,12,14)/t9-/m1/s1. The van der Waals surface area contributed by atoms with Gasteiger partial charge in [0.2, 0.25) is 0 Å². The maximum Gasteiger partial charge on any atom is 0.327 e. The molecule has 2 rings (SSSR count). The Hall–Kier alpha value is -1.92. The molecule has 1 heterocycles. The van der Waals surface area contributed by atoms with Gasteiger partial charge < -0.3 is 10.6 Å². The first-order valence-corrected chi connectivity index (χ1v) is 6.06. The van der Waals surface area contributed by atoms with Crippen LogP contribution in [0.25, 0.3) is 0 Å². The van der Waals surface area contributed by atoms with Gasteiger partial charge in [0.05, 0.1) is 12.8 Å². The average molecular weight is 251 g/mol. The second-order valence-corrected chi connectivity index (χ2v) is 4.15. The van der Waals surface area contributed by atoms with Crippen molar-refractivity contribution in [3.05, 3.63) is 17.5 Å².